The van der Waals surface area contributed by atoms with E-state index in [0.717, 1.165) is 6.54 Å². The number of hydrogen-bond acceptors (Lipinski definition) is 1. The van der Waals surface area contributed by atoms with Crippen molar-refractivity contribution in [3.63, 3.8) is 0 Å². The summed E-state index contributed by atoms with van der Waals surface area (Å²) in [7, 11) is 1.87. The number of nitrogens with zero attached hydrogens (tertiary/aromatic N) is 1. The van der Waals surface area contributed by atoms with E-state index in [1.54, 1.807) is 4.90 Å². The molecule has 0 unspecified atom stereocenters. The van der Waals surface area contributed by atoms with Crippen molar-refractivity contribution in [3.8, 4) is 0 Å². The predicted molar refractivity (Wildman–Crippen MR) is 27.1 cm³/mol. The highest BCUT2D eigenvalue weighted by atomic mass is 15.1. The molecule has 0 amide bonds. The van der Waals surface area contributed by atoms with Crippen molar-refractivity contribution in [1.29, 1.82) is 5.41 Å². The maximum atomic E-state index is 6.61. The Morgan fingerprint density at radius 3 is 2.33 bits per heavy atom. The third kappa shape index (κ3) is 1.76. The van der Waals surface area contributed by atoms with Crippen molar-refractivity contribution in [2.45, 2.75) is 6.92 Å². The highest BCUT2D eigenvalue weighted by molar-refractivity contribution is 5.49. The van der Waals surface area contributed by atoms with Gasteiger partial charge in [-0.3, -0.25) is 5.41 Å². The Kier molecular flexibility index (Phi) is 2.46. The SMILES string of the molecule is CCN(C)C=N. The molecule has 0 aliphatic carbocycles. The van der Waals surface area contributed by atoms with E-state index in [4.69, 9.17) is 5.41 Å². The molecule has 0 saturated carbocycles. The van der Waals surface area contributed by atoms with Crippen LogP contribution in [0.3, 0.4) is 0 Å². The molecule has 0 fully saturated rings. The molecule has 0 atom stereocenters. The fourth-order valence-electron chi connectivity index (χ4n) is 0.0913. The average Bonchev–Trinajstić information content (AvgIpc) is 1.65. The van der Waals surface area contributed by atoms with Gasteiger partial charge >= 0.3 is 0 Å². The minimum absolute atomic E-state index is 0.920. The summed E-state index contributed by atoms with van der Waals surface area (Å²) in [6, 6.07) is 0. The monoisotopic (exact) mass is 86.1 g/mol. The molecule has 2 nitrogen and oxygen atoms in total. The maximum absolute atomic E-state index is 6.61. The van der Waals surface area contributed by atoms with Gasteiger partial charge in [0.1, 0.15) is 0 Å². The first-order valence-corrected chi connectivity index (χ1v) is 2.02. The van der Waals surface area contributed by atoms with Crippen LogP contribution >= 0.6 is 0 Å². The number of rotatable bonds is 2. The fourth-order valence-corrected chi connectivity index (χ4v) is 0.0913. The molecule has 0 bridgehead atoms. The quantitative estimate of drug-likeness (QED) is 0.385. The lowest BCUT2D eigenvalue weighted by atomic mass is 10.7. The summed E-state index contributed by atoms with van der Waals surface area (Å²) < 4.78 is 0. The summed E-state index contributed by atoms with van der Waals surface area (Å²) in [6.07, 6.45) is 1.31. The summed E-state index contributed by atoms with van der Waals surface area (Å²) in [5.74, 6) is 0. The van der Waals surface area contributed by atoms with Crippen molar-refractivity contribution in [3.05, 3.63) is 0 Å². The van der Waals surface area contributed by atoms with Gasteiger partial charge in [-0.2, -0.15) is 0 Å². The third-order valence-corrected chi connectivity index (χ3v) is 0.719. The van der Waals surface area contributed by atoms with Gasteiger partial charge in [0.05, 0.1) is 6.34 Å². The van der Waals surface area contributed by atoms with Crippen LogP contribution in [0.25, 0.3) is 0 Å². The van der Waals surface area contributed by atoms with Gasteiger partial charge in [0.25, 0.3) is 0 Å². The van der Waals surface area contributed by atoms with Gasteiger partial charge in [0.15, 0.2) is 0 Å². The van der Waals surface area contributed by atoms with E-state index >= 15 is 0 Å². The summed E-state index contributed by atoms with van der Waals surface area (Å²) in [4.78, 5) is 1.79. The number of hydrogen-bond donors (Lipinski definition) is 1. The van der Waals surface area contributed by atoms with E-state index in [-0.39, 0.29) is 0 Å². The van der Waals surface area contributed by atoms with E-state index in [1.165, 1.54) is 6.34 Å². The zero-order valence-electron chi connectivity index (χ0n) is 4.23. The molecule has 2 heteroatoms. The summed E-state index contributed by atoms with van der Waals surface area (Å²) in [6.45, 7) is 2.93. The molecule has 0 spiro atoms. The van der Waals surface area contributed by atoms with Crippen LogP contribution in [0.1, 0.15) is 6.92 Å². The molecule has 0 aliphatic heterocycles. The molecule has 0 aliphatic rings. The van der Waals surface area contributed by atoms with Crippen molar-refractivity contribution >= 4 is 6.34 Å². The van der Waals surface area contributed by atoms with E-state index in [1.807, 2.05) is 14.0 Å². The van der Waals surface area contributed by atoms with Crippen LogP contribution in [-0.2, 0) is 0 Å². The molecule has 0 saturated heterocycles. The lowest BCUT2D eigenvalue weighted by Crippen LogP contribution is -2.13. The van der Waals surface area contributed by atoms with E-state index < -0.39 is 0 Å². The Bertz CT molecular complexity index is 42.8. The van der Waals surface area contributed by atoms with Gasteiger partial charge in [-0.1, -0.05) is 0 Å². The van der Waals surface area contributed by atoms with Crippen LogP contribution in [0.4, 0.5) is 0 Å². The largest absolute Gasteiger partial charge is 0.366 e. The van der Waals surface area contributed by atoms with Crippen LogP contribution in [0.15, 0.2) is 0 Å². The molecule has 0 rings (SSSR count). The third-order valence-electron chi connectivity index (χ3n) is 0.719. The van der Waals surface area contributed by atoms with Gasteiger partial charge in [0.2, 0.25) is 0 Å². The average molecular weight is 86.1 g/mol. The second-order valence-corrected chi connectivity index (χ2v) is 1.20. The molecule has 1 N–H and O–H groups in total. The van der Waals surface area contributed by atoms with E-state index in [0.29, 0.717) is 0 Å². The maximum Gasteiger partial charge on any atom is 0.0814 e. The van der Waals surface area contributed by atoms with Gasteiger partial charge in [0, 0.05) is 13.6 Å². The Balaban J connectivity index is 2.96. The lowest BCUT2D eigenvalue weighted by molar-refractivity contribution is 0.549. The molecule has 6 heavy (non-hydrogen) atoms. The second kappa shape index (κ2) is 2.69. The lowest BCUT2D eigenvalue weighted by Gasteiger charge is -2.04. The Morgan fingerprint density at radius 1 is 1.83 bits per heavy atom. The van der Waals surface area contributed by atoms with Crippen LogP contribution in [-0.4, -0.2) is 24.8 Å². The molecule has 0 aromatic rings. The first-order chi connectivity index (χ1) is 2.81. The van der Waals surface area contributed by atoms with Crippen LogP contribution in [0.2, 0.25) is 0 Å². The van der Waals surface area contributed by atoms with Gasteiger partial charge < -0.3 is 4.90 Å². The summed E-state index contributed by atoms with van der Waals surface area (Å²) in [5, 5.41) is 6.61. The highest BCUT2D eigenvalue weighted by Crippen LogP contribution is 1.66. The molecule has 0 aromatic carbocycles. The molecule has 36 valence electrons. The predicted octanol–water partition coefficient (Wildman–Crippen LogP) is 0.545. The fraction of sp³-hybridized carbons (Fsp3) is 0.750. The zero-order chi connectivity index (χ0) is 4.99. The highest BCUT2D eigenvalue weighted by Gasteiger charge is 1.76. The van der Waals surface area contributed by atoms with E-state index in [2.05, 4.69) is 0 Å². The standard InChI is InChI=1S/C4H10N2/c1-3-6(2)4-5/h4-5H,3H2,1-2H3. The van der Waals surface area contributed by atoms with Gasteiger partial charge in [-0.25, -0.2) is 0 Å². The second-order valence-electron chi connectivity index (χ2n) is 1.20. The smallest absolute Gasteiger partial charge is 0.0814 e. The van der Waals surface area contributed by atoms with Crippen molar-refractivity contribution in [2.75, 3.05) is 13.6 Å². The first kappa shape index (κ1) is 5.47. The minimum atomic E-state index is 0.920. The van der Waals surface area contributed by atoms with Crippen LogP contribution in [0.5, 0.6) is 0 Å². The zero-order valence-corrected chi connectivity index (χ0v) is 4.23. The van der Waals surface area contributed by atoms with Crippen molar-refractivity contribution in [2.24, 2.45) is 0 Å². The molecular weight excluding hydrogens is 76.1 g/mol. The first-order valence-electron chi connectivity index (χ1n) is 2.02. The molecule has 0 heterocycles. The number of nitrogens with one attached hydrogen (secondary N) is 1. The Hall–Kier alpha value is -0.530. The van der Waals surface area contributed by atoms with Crippen LogP contribution < -0.4 is 0 Å². The topological polar surface area (TPSA) is 27.1 Å². The Morgan fingerprint density at radius 2 is 2.33 bits per heavy atom. The minimum Gasteiger partial charge on any atom is -0.366 e. The van der Waals surface area contributed by atoms with Crippen molar-refractivity contribution in [1.82, 2.24) is 4.90 Å². The Labute approximate surface area is 38.3 Å². The molecule has 0 radical (unpaired) electrons. The van der Waals surface area contributed by atoms with Gasteiger partial charge in [-0.05, 0) is 6.92 Å². The van der Waals surface area contributed by atoms with Gasteiger partial charge in [-0.15, -0.1) is 0 Å². The van der Waals surface area contributed by atoms with Crippen molar-refractivity contribution < 1.29 is 0 Å². The molecule has 0 aromatic heterocycles. The summed E-state index contributed by atoms with van der Waals surface area (Å²) >= 11 is 0. The van der Waals surface area contributed by atoms with Crippen LogP contribution in [0, 0.1) is 5.41 Å². The normalized spacial score (nSPS) is 7.67. The molecular formula is C4H10N2. The van der Waals surface area contributed by atoms with E-state index in [9.17, 15) is 0 Å². The summed E-state index contributed by atoms with van der Waals surface area (Å²) in [5.41, 5.74) is 0.